The van der Waals surface area contributed by atoms with E-state index < -0.39 is 16.0 Å². The lowest BCUT2D eigenvalue weighted by molar-refractivity contribution is 0.0698. The Balaban J connectivity index is 1.71. The number of carboxylic acid groups (broad SMARTS) is 1. The van der Waals surface area contributed by atoms with Gasteiger partial charge in [-0.1, -0.05) is 24.0 Å². The van der Waals surface area contributed by atoms with Gasteiger partial charge in [0.15, 0.2) is 0 Å². The van der Waals surface area contributed by atoms with E-state index in [1.807, 2.05) is 0 Å². The number of anilines is 2. The first-order valence-electron chi connectivity index (χ1n) is 10.4. The molecule has 0 atom stereocenters. The van der Waals surface area contributed by atoms with Crippen LogP contribution in [0, 0.1) is 11.8 Å². The molecule has 0 aliphatic rings. The van der Waals surface area contributed by atoms with Crippen LogP contribution in [0.4, 0.5) is 11.4 Å². The lowest BCUT2D eigenvalue weighted by atomic mass is 10.1. The minimum atomic E-state index is -4.01. The van der Waals surface area contributed by atoms with Crippen molar-refractivity contribution in [2.45, 2.75) is 4.90 Å². The largest absolute Gasteiger partial charge is 0.496 e. The molecule has 176 valence electrons. The van der Waals surface area contributed by atoms with E-state index in [-0.39, 0.29) is 10.5 Å². The first-order chi connectivity index (χ1) is 16.8. The molecule has 0 bridgehead atoms. The van der Waals surface area contributed by atoms with Crippen LogP contribution in [0.15, 0.2) is 77.8 Å². The van der Waals surface area contributed by atoms with Crippen molar-refractivity contribution < 1.29 is 23.1 Å². The summed E-state index contributed by atoms with van der Waals surface area (Å²) in [5, 5.41) is 12.7. The Hall–Kier alpha value is -4.55. The summed E-state index contributed by atoms with van der Waals surface area (Å²) in [4.78, 5) is 15.6. The number of aromatic carboxylic acids is 1. The number of nitrogens with one attached hydrogen (secondary N) is 2. The van der Waals surface area contributed by atoms with E-state index in [1.54, 1.807) is 61.6 Å². The van der Waals surface area contributed by atoms with Gasteiger partial charge in [0.2, 0.25) is 0 Å². The lowest BCUT2D eigenvalue weighted by Gasteiger charge is -2.13. The molecule has 4 rings (SSSR count). The molecule has 9 heteroatoms. The van der Waals surface area contributed by atoms with Crippen LogP contribution in [0.25, 0.3) is 10.9 Å². The van der Waals surface area contributed by atoms with Gasteiger partial charge in [0, 0.05) is 35.4 Å². The second kappa shape index (κ2) is 9.75. The Morgan fingerprint density at radius 2 is 1.80 bits per heavy atom. The maximum absolute atomic E-state index is 13.3. The summed E-state index contributed by atoms with van der Waals surface area (Å²) in [6.07, 6.45) is 1.52. The van der Waals surface area contributed by atoms with Crippen LogP contribution in [0.1, 0.15) is 21.5 Å². The van der Waals surface area contributed by atoms with Crippen LogP contribution in [-0.4, -0.2) is 38.6 Å². The number of carbonyl (C=O) groups is 1. The molecule has 0 saturated heterocycles. The fourth-order valence-electron chi connectivity index (χ4n) is 3.55. The molecule has 0 amide bonds. The number of carboxylic acids is 1. The molecule has 0 saturated carbocycles. The van der Waals surface area contributed by atoms with Crippen molar-refractivity contribution in [1.82, 2.24) is 4.98 Å². The third-order valence-corrected chi connectivity index (χ3v) is 6.63. The molecular formula is C26H21N3O5S. The SMILES string of the molecule is CNc1cc(C#Cc2ccccc2NS(=O)(=O)c2ccc(OC)c3cccnc23)ccc1C(=O)O. The highest BCUT2D eigenvalue weighted by Gasteiger charge is 2.21. The molecule has 1 aromatic heterocycles. The van der Waals surface area contributed by atoms with Gasteiger partial charge >= 0.3 is 5.97 Å². The normalized spacial score (nSPS) is 10.8. The topological polar surface area (TPSA) is 118 Å². The van der Waals surface area contributed by atoms with Crippen molar-refractivity contribution >= 4 is 38.3 Å². The molecule has 4 aromatic rings. The second-order valence-electron chi connectivity index (χ2n) is 7.38. The number of rotatable bonds is 6. The van der Waals surface area contributed by atoms with Crippen molar-refractivity contribution in [3.05, 3.63) is 89.6 Å². The Bertz CT molecular complexity index is 1600. The molecule has 0 aliphatic heterocycles. The minimum absolute atomic E-state index is 0.0135. The number of hydrogen-bond donors (Lipinski definition) is 3. The van der Waals surface area contributed by atoms with E-state index in [2.05, 4.69) is 26.9 Å². The monoisotopic (exact) mass is 487 g/mol. The Morgan fingerprint density at radius 3 is 2.54 bits per heavy atom. The highest BCUT2D eigenvalue weighted by molar-refractivity contribution is 7.93. The third-order valence-electron chi connectivity index (χ3n) is 5.23. The van der Waals surface area contributed by atoms with Crippen LogP contribution in [-0.2, 0) is 10.0 Å². The maximum atomic E-state index is 13.3. The second-order valence-corrected chi connectivity index (χ2v) is 9.03. The quantitative estimate of drug-likeness (QED) is 0.349. The van der Waals surface area contributed by atoms with Gasteiger partial charge in [0.05, 0.1) is 23.9 Å². The number of hydrogen-bond acceptors (Lipinski definition) is 6. The van der Waals surface area contributed by atoms with Gasteiger partial charge in [0.25, 0.3) is 10.0 Å². The summed E-state index contributed by atoms with van der Waals surface area (Å²) in [6.45, 7) is 0. The Labute approximate surface area is 202 Å². The highest BCUT2D eigenvalue weighted by Crippen LogP contribution is 2.30. The number of methoxy groups -OCH3 is 1. The van der Waals surface area contributed by atoms with E-state index in [9.17, 15) is 18.3 Å². The third kappa shape index (κ3) is 4.88. The average Bonchev–Trinajstić information content (AvgIpc) is 2.86. The van der Waals surface area contributed by atoms with Crippen molar-refractivity contribution in [2.75, 3.05) is 24.2 Å². The molecule has 0 fully saturated rings. The van der Waals surface area contributed by atoms with Crippen molar-refractivity contribution in [2.24, 2.45) is 0 Å². The number of nitrogens with zero attached hydrogens (tertiary/aromatic N) is 1. The van der Waals surface area contributed by atoms with E-state index in [1.165, 1.54) is 25.4 Å². The van der Waals surface area contributed by atoms with Gasteiger partial charge in [-0.05, 0) is 54.6 Å². The smallest absolute Gasteiger partial charge is 0.337 e. The summed E-state index contributed by atoms with van der Waals surface area (Å²) in [6, 6.07) is 17.9. The van der Waals surface area contributed by atoms with Crippen LogP contribution >= 0.6 is 0 Å². The lowest BCUT2D eigenvalue weighted by Crippen LogP contribution is -2.14. The van der Waals surface area contributed by atoms with Gasteiger partial charge in [0.1, 0.15) is 10.6 Å². The van der Waals surface area contributed by atoms with E-state index in [0.717, 1.165) is 0 Å². The Morgan fingerprint density at radius 1 is 1.00 bits per heavy atom. The molecule has 0 radical (unpaired) electrons. The van der Waals surface area contributed by atoms with Gasteiger partial charge in [-0.25, -0.2) is 13.2 Å². The highest BCUT2D eigenvalue weighted by atomic mass is 32.2. The van der Waals surface area contributed by atoms with Gasteiger partial charge in [-0.2, -0.15) is 0 Å². The van der Waals surface area contributed by atoms with E-state index >= 15 is 0 Å². The summed E-state index contributed by atoms with van der Waals surface area (Å²) in [7, 11) is -0.870. The fourth-order valence-corrected chi connectivity index (χ4v) is 4.79. The van der Waals surface area contributed by atoms with Crippen LogP contribution in [0.3, 0.4) is 0 Å². The molecule has 8 nitrogen and oxygen atoms in total. The molecule has 3 aromatic carbocycles. The van der Waals surface area contributed by atoms with Gasteiger partial charge < -0.3 is 15.2 Å². The standard InChI is InChI=1S/C26H21N3O5S/c1-27-22-16-17(10-12-19(22)26(30)31)9-11-18-6-3-4-8-21(18)29-35(32,33)24-14-13-23(34-2)20-7-5-15-28-25(20)24/h3-8,10,12-16,27,29H,1-2H3,(H,30,31). The number of para-hydroxylation sites is 1. The summed E-state index contributed by atoms with van der Waals surface area (Å²) < 4.78 is 34.6. The zero-order valence-electron chi connectivity index (χ0n) is 18.9. The first-order valence-corrected chi connectivity index (χ1v) is 11.9. The number of ether oxygens (including phenoxy) is 1. The predicted octanol–water partition coefficient (Wildman–Crippen LogP) is 4.18. The van der Waals surface area contributed by atoms with Crippen molar-refractivity contribution in [1.29, 1.82) is 0 Å². The molecule has 0 unspecified atom stereocenters. The summed E-state index contributed by atoms with van der Waals surface area (Å²) >= 11 is 0. The number of sulfonamides is 1. The minimum Gasteiger partial charge on any atom is -0.496 e. The van der Waals surface area contributed by atoms with Crippen LogP contribution < -0.4 is 14.8 Å². The zero-order chi connectivity index (χ0) is 25.0. The van der Waals surface area contributed by atoms with Crippen molar-refractivity contribution in [3.63, 3.8) is 0 Å². The van der Waals surface area contributed by atoms with Gasteiger partial charge in [-0.15, -0.1) is 0 Å². The molecule has 0 spiro atoms. The van der Waals surface area contributed by atoms with Gasteiger partial charge in [-0.3, -0.25) is 9.71 Å². The Kier molecular flexibility index (Phi) is 6.57. The molecule has 0 aliphatic carbocycles. The molecular weight excluding hydrogens is 466 g/mol. The molecule has 1 heterocycles. The predicted molar refractivity (Wildman–Crippen MR) is 134 cm³/mol. The number of aromatic nitrogens is 1. The number of fused-ring (bicyclic) bond motifs is 1. The summed E-state index contributed by atoms with van der Waals surface area (Å²) in [5.41, 5.74) is 2.18. The van der Waals surface area contributed by atoms with E-state index in [0.29, 0.717) is 39.2 Å². The maximum Gasteiger partial charge on any atom is 0.337 e. The summed E-state index contributed by atoms with van der Waals surface area (Å²) in [5.74, 6) is 5.41. The number of pyridine rings is 1. The zero-order valence-corrected chi connectivity index (χ0v) is 19.7. The molecule has 35 heavy (non-hydrogen) atoms. The first kappa shape index (κ1) is 23.6. The van der Waals surface area contributed by atoms with E-state index in [4.69, 9.17) is 4.74 Å². The molecule has 3 N–H and O–H groups in total. The fraction of sp³-hybridized carbons (Fsp3) is 0.0769. The van der Waals surface area contributed by atoms with Crippen LogP contribution in [0.2, 0.25) is 0 Å². The van der Waals surface area contributed by atoms with Crippen LogP contribution in [0.5, 0.6) is 5.75 Å². The van der Waals surface area contributed by atoms with Crippen molar-refractivity contribution in [3.8, 4) is 17.6 Å². The average molecular weight is 488 g/mol. The number of benzene rings is 3.